The maximum Gasteiger partial charge on any atom is 0.339 e. The van der Waals surface area contributed by atoms with Crippen molar-refractivity contribution in [2.45, 2.75) is 19.3 Å². The fourth-order valence-electron chi connectivity index (χ4n) is 2.50. The molecule has 2 aromatic rings. The van der Waals surface area contributed by atoms with Crippen molar-refractivity contribution in [3.8, 4) is 11.5 Å². The van der Waals surface area contributed by atoms with Gasteiger partial charge in [0.05, 0.1) is 0 Å². The minimum absolute atomic E-state index is 0.0676. The summed E-state index contributed by atoms with van der Waals surface area (Å²) in [5.41, 5.74) is 2.71. The Hall–Kier alpha value is -2.00. The van der Waals surface area contributed by atoms with Crippen molar-refractivity contribution in [1.29, 1.82) is 0 Å². The third-order valence-electron chi connectivity index (χ3n) is 3.47. The number of fused-ring (bicyclic) bond motifs is 1. The summed E-state index contributed by atoms with van der Waals surface area (Å²) in [6.07, 6.45) is 3.33. The van der Waals surface area contributed by atoms with E-state index >= 15 is 0 Å². The molecule has 0 bridgehead atoms. The molecular formula is C16H13ClO3. The molecule has 20 heavy (non-hydrogen) atoms. The number of rotatable bonds is 3. The summed E-state index contributed by atoms with van der Waals surface area (Å²) >= 11 is 5.82. The molecule has 102 valence electrons. The van der Waals surface area contributed by atoms with Crippen LogP contribution < -0.4 is 4.74 Å². The van der Waals surface area contributed by atoms with Crippen molar-refractivity contribution in [3.63, 3.8) is 0 Å². The highest BCUT2D eigenvalue weighted by Crippen LogP contribution is 2.31. The number of ether oxygens (including phenoxy) is 1. The monoisotopic (exact) mass is 288 g/mol. The first kappa shape index (κ1) is 13.0. The van der Waals surface area contributed by atoms with Crippen LogP contribution in [0.5, 0.6) is 11.5 Å². The van der Waals surface area contributed by atoms with Gasteiger partial charge in [-0.1, -0.05) is 17.7 Å². The van der Waals surface area contributed by atoms with Gasteiger partial charge in [-0.15, -0.1) is 0 Å². The quantitative estimate of drug-likeness (QED) is 0.915. The van der Waals surface area contributed by atoms with Gasteiger partial charge < -0.3 is 9.84 Å². The summed E-state index contributed by atoms with van der Waals surface area (Å²) in [6, 6.07) is 10.5. The molecule has 0 radical (unpaired) electrons. The molecule has 1 aliphatic rings. The number of benzene rings is 2. The first-order valence-electron chi connectivity index (χ1n) is 6.46. The average molecular weight is 289 g/mol. The molecule has 3 nitrogen and oxygen atoms in total. The standard InChI is InChI=1S/C16H13ClO3/c17-12-5-7-15(14(9-12)16(18)19)20-13-6-4-10-2-1-3-11(10)8-13/h4-9H,1-3H2,(H,18,19). The van der Waals surface area contributed by atoms with Crippen LogP contribution in [0.1, 0.15) is 27.9 Å². The molecule has 0 fully saturated rings. The molecule has 4 heteroatoms. The number of aromatic carboxylic acids is 1. The minimum Gasteiger partial charge on any atom is -0.478 e. The van der Waals surface area contributed by atoms with Crippen LogP contribution in [-0.4, -0.2) is 11.1 Å². The fourth-order valence-corrected chi connectivity index (χ4v) is 2.67. The van der Waals surface area contributed by atoms with Crippen LogP contribution >= 0.6 is 11.6 Å². The van der Waals surface area contributed by atoms with Gasteiger partial charge in [0.15, 0.2) is 0 Å². The van der Waals surface area contributed by atoms with Gasteiger partial charge in [0.25, 0.3) is 0 Å². The van der Waals surface area contributed by atoms with E-state index in [1.807, 2.05) is 18.2 Å². The zero-order chi connectivity index (χ0) is 14.1. The van der Waals surface area contributed by atoms with Crippen LogP contribution in [0.4, 0.5) is 0 Å². The zero-order valence-corrected chi connectivity index (χ0v) is 11.5. The Kier molecular flexibility index (Phi) is 3.36. The van der Waals surface area contributed by atoms with E-state index < -0.39 is 5.97 Å². The number of hydrogen-bond acceptors (Lipinski definition) is 2. The summed E-state index contributed by atoms with van der Waals surface area (Å²) < 4.78 is 5.71. The van der Waals surface area contributed by atoms with Gasteiger partial charge in [0.1, 0.15) is 17.1 Å². The maximum atomic E-state index is 11.2. The van der Waals surface area contributed by atoms with Gasteiger partial charge in [-0.2, -0.15) is 0 Å². The number of carboxylic acids is 1. The molecule has 0 aromatic heterocycles. The van der Waals surface area contributed by atoms with Crippen molar-refractivity contribution >= 4 is 17.6 Å². The molecule has 3 rings (SSSR count). The van der Waals surface area contributed by atoms with Crippen LogP contribution in [0, 0.1) is 0 Å². The first-order valence-corrected chi connectivity index (χ1v) is 6.84. The second-order valence-electron chi connectivity index (χ2n) is 4.83. The molecule has 0 unspecified atom stereocenters. The average Bonchev–Trinajstić information content (AvgIpc) is 2.88. The second kappa shape index (κ2) is 5.17. The normalized spacial score (nSPS) is 13.1. The largest absolute Gasteiger partial charge is 0.478 e. The molecule has 2 aromatic carbocycles. The van der Waals surface area contributed by atoms with Gasteiger partial charge in [-0.05, 0) is 60.7 Å². The lowest BCUT2D eigenvalue weighted by atomic mass is 10.1. The van der Waals surface area contributed by atoms with E-state index in [9.17, 15) is 9.90 Å². The Morgan fingerprint density at radius 1 is 1.10 bits per heavy atom. The molecule has 0 spiro atoms. The van der Waals surface area contributed by atoms with E-state index in [-0.39, 0.29) is 5.56 Å². The predicted octanol–water partition coefficient (Wildman–Crippen LogP) is 4.32. The smallest absolute Gasteiger partial charge is 0.339 e. The summed E-state index contributed by atoms with van der Waals surface area (Å²) in [4.78, 5) is 11.2. The third kappa shape index (κ3) is 2.49. The van der Waals surface area contributed by atoms with Gasteiger partial charge in [0.2, 0.25) is 0 Å². The van der Waals surface area contributed by atoms with Gasteiger partial charge in [-0.3, -0.25) is 0 Å². The van der Waals surface area contributed by atoms with Crippen LogP contribution in [-0.2, 0) is 12.8 Å². The van der Waals surface area contributed by atoms with E-state index in [1.165, 1.54) is 23.6 Å². The van der Waals surface area contributed by atoms with E-state index in [1.54, 1.807) is 12.1 Å². The number of aryl methyl sites for hydroxylation is 2. The SMILES string of the molecule is O=C(O)c1cc(Cl)ccc1Oc1ccc2c(c1)CCC2. The topological polar surface area (TPSA) is 46.5 Å². The lowest BCUT2D eigenvalue weighted by Gasteiger charge is -2.10. The number of carboxylic acid groups (broad SMARTS) is 1. The van der Waals surface area contributed by atoms with Gasteiger partial charge >= 0.3 is 5.97 Å². The lowest BCUT2D eigenvalue weighted by Crippen LogP contribution is -2.00. The van der Waals surface area contributed by atoms with Gasteiger partial charge in [-0.25, -0.2) is 4.79 Å². The van der Waals surface area contributed by atoms with Crippen molar-refractivity contribution < 1.29 is 14.6 Å². The third-order valence-corrected chi connectivity index (χ3v) is 3.70. The van der Waals surface area contributed by atoms with Crippen LogP contribution in [0.3, 0.4) is 0 Å². The maximum absolute atomic E-state index is 11.2. The van der Waals surface area contributed by atoms with Crippen molar-refractivity contribution in [3.05, 3.63) is 58.1 Å². The Bertz CT molecular complexity index is 679. The Labute approximate surface area is 121 Å². The predicted molar refractivity (Wildman–Crippen MR) is 77.0 cm³/mol. The number of carbonyl (C=O) groups is 1. The fraction of sp³-hybridized carbons (Fsp3) is 0.188. The van der Waals surface area contributed by atoms with E-state index in [2.05, 4.69) is 0 Å². The Morgan fingerprint density at radius 2 is 1.90 bits per heavy atom. The Balaban J connectivity index is 1.93. The van der Waals surface area contributed by atoms with Crippen molar-refractivity contribution in [2.24, 2.45) is 0 Å². The highest BCUT2D eigenvalue weighted by Gasteiger charge is 2.15. The van der Waals surface area contributed by atoms with Gasteiger partial charge in [0, 0.05) is 5.02 Å². The molecule has 0 amide bonds. The summed E-state index contributed by atoms with van der Waals surface area (Å²) in [6.45, 7) is 0. The minimum atomic E-state index is -1.05. The number of hydrogen-bond donors (Lipinski definition) is 1. The zero-order valence-electron chi connectivity index (χ0n) is 10.7. The summed E-state index contributed by atoms with van der Waals surface area (Å²) in [5, 5.41) is 9.56. The highest BCUT2D eigenvalue weighted by atomic mass is 35.5. The molecule has 0 heterocycles. The first-order chi connectivity index (χ1) is 9.63. The van der Waals surface area contributed by atoms with Crippen LogP contribution in [0.25, 0.3) is 0 Å². The van der Waals surface area contributed by atoms with E-state index in [0.717, 1.165) is 12.8 Å². The summed E-state index contributed by atoms with van der Waals surface area (Å²) in [7, 11) is 0. The molecule has 1 aliphatic carbocycles. The molecule has 0 atom stereocenters. The second-order valence-corrected chi connectivity index (χ2v) is 5.27. The van der Waals surface area contributed by atoms with Crippen molar-refractivity contribution in [1.82, 2.24) is 0 Å². The molecule has 0 saturated carbocycles. The number of halogens is 1. The van der Waals surface area contributed by atoms with Crippen molar-refractivity contribution in [2.75, 3.05) is 0 Å². The summed E-state index contributed by atoms with van der Waals surface area (Å²) in [5.74, 6) is -0.0843. The molecule has 1 N–H and O–H groups in total. The molecule has 0 saturated heterocycles. The van der Waals surface area contributed by atoms with E-state index in [0.29, 0.717) is 16.5 Å². The lowest BCUT2D eigenvalue weighted by molar-refractivity contribution is 0.0694. The van der Waals surface area contributed by atoms with Crippen LogP contribution in [0.2, 0.25) is 5.02 Å². The molecular weight excluding hydrogens is 276 g/mol. The van der Waals surface area contributed by atoms with Crippen LogP contribution in [0.15, 0.2) is 36.4 Å². The molecule has 0 aliphatic heterocycles. The Morgan fingerprint density at radius 3 is 2.70 bits per heavy atom. The van der Waals surface area contributed by atoms with E-state index in [4.69, 9.17) is 16.3 Å². The highest BCUT2D eigenvalue weighted by molar-refractivity contribution is 6.31.